The number of pyridine rings is 1. The van der Waals surface area contributed by atoms with Crippen LogP contribution in [0, 0.1) is 11.6 Å². The Morgan fingerprint density at radius 3 is 2.51 bits per heavy atom. The maximum Gasteiger partial charge on any atom is 0.438 e. The zero-order valence-corrected chi connectivity index (χ0v) is 36.3. The molecule has 0 spiro atoms. The number of nitrogens with one attached hydrogen (secondary N) is 1. The molecular weight excluding hydrogens is 835 g/mol. The van der Waals surface area contributed by atoms with Crippen molar-refractivity contribution in [2.24, 2.45) is 7.05 Å². The minimum absolute atomic E-state index is 0.0521. The van der Waals surface area contributed by atoms with Crippen molar-refractivity contribution in [3.63, 3.8) is 0 Å². The van der Waals surface area contributed by atoms with E-state index in [9.17, 15) is 9.59 Å². The zero-order valence-electron chi connectivity index (χ0n) is 36.3. The number of imidazole rings is 1. The van der Waals surface area contributed by atoms with E-state index in [0.717, 1.165) is 42.3 Å². The lowest BCUT2D eigenvalue weighted by Gasteiger charge is -2.35. The molecule has 6 aromatic heterocycles. The maximum atomic E-state index is 16.1. The molecule has 65 heavy (non-hydrogen) atoms. The first-order chi connectivity index (χ1) is 31.3. The molecule has 2 aromatic carbocycles. The summed E-state index contributed by atoms with van der Waals surface area (Å²) in [6.45, 7) is 7.11. The van der Waals surface area contributed by atoms with Gasteiger partial charge in [0.2, 0.25) is 0 Å². The molecule has 0 radical (unpaired) electrons. The van der Waals surface area contributed by atoms with E-state index in [0.29, 0.717) is 77.6 Å². The molecule has 12 rings (SSSR count). The van der Waals surface area contributed by atoms with Crippen LogP contribution in [0.2, 0.25) is 0 Å². The van der Waals surface area contributed by atoms with Crippen LogP contribution in [-0.4, -0.2) is 72.8 Å². The number of halogens is 2. The second-order valence-electron chi connectivity index (χ2n) is 18.9. The van der Waals surface area contributed by atoms with E-state index < -0.39 is 28.7 Å². The third-order valence-corrected chi connectivity index (χ3v) is 14.4. The van der Waals surface area contributed by atoms with Crippen LogP contribution in [0.3, 0.4) is 0 Å². The summed E-state index contributed by atoms with van der Waals surface area (Å²) in [6.07, 6.45) is 13.7. The number of carbonyl (C=O) groups excluding carboxylic acids is 1. The van der Waals surface area contributed by atoms with E-state index in [1.54, 1.807) is 51.8 Å². The fraction of sp³-hybridized carbons (Fsp3) is 0.375. The Hall–Kier alpha value is -6.88. The zero-order chi connectivity index (χ0) is 44.7. The summed E-state index contributed by atoms with van der Waals surface area (Å²) in [4.78, 5) is 47.1. The number of benzene rings is 2. The first-order valence-electron chi connectivity index (χ1n) is 22.3. The van der Waals surface area contributed by atoms with Gasteiger partial charge in [0.25, 0.3) is 5.91 Å². The lowest BCUT2D eigenvalue weighted by atomic mass is 9.84. The van der Waals surface area contributed by atoms with Crippen LogP contribution in [0.1, 0.15) is 121 Å². The summed E-state index contributed by atoms with van der Waals surface area (Å²) in [5.41, 5.74) is 4.74. The number of rotatable bonds is 8. The normalized spacial score (nSPS) is 20.2. The van der Waals surface area contributed by atoms with Crippen molar-refractivity contribution in [3.05, 3.63) is 145 Å². The van der Waals surface area contributed by atoms with E-state index in [2.05, 4.69) is 47.4 Å². The van der Waals surface area contributed by atoms with Crippen molar-refractivity contribution < 1.29 is 22.8 Å². The summed E-state index contributed by atoms with van der Waals surface area (Å²) < 4.78 is 50.4. The number of aromatic nitrogens is 9. The van der Waals surface area contributed by atoms with Crippen LogP contribution < -0.4 is 11.4 Å². The number of fused-ring (bicyclic) bond motifs is 3. The van der Waals surface area contributed by atoms with Gasteiger partial charge in [-0.15, -0.1) is 0 Å². The van der Waals surface area contributed by atoms with Gasteiger partial charge in [-0.05, 0) is 119 Å². The quantitative estimate of drug-likeness (QED) is 0.167. The van der Waals surface area contributed by atoms with E-state index >= 15 is 13.6 Å². The molecule has 2 atom stereocenters. The Morgan fingerprint density at radius 1 is 0.954 bits per heavy atom. The molecule has 2 saturated carbocycles. The number of nitrogens with zero attached hydrogens (tertiary/aromatic N) is 9. The van der Waals surface area contributed by atoms with E-state index in [-0.39, 0.29) is 40.2 Å². The molecule has 2 aliphatic heterocycles. The highest BCUT2D eigenvalue weighted by molar-refractivity contribution is 5.99. The highest BCUT2D eigenvalue weighted by atomic mass is 19.1. The Labute approximate surface area is 369 Å². The predicted octanol–water partition coefficient (Wildman–Crippen LogP) is 7.30. The van der Waals surface area contributed by atoms with Gasteiger partial charge in [-0.2, -0.15) is 10.2 Å². The van der Waals surface area contributed by atoms with Gasteiger partial charge in [-0.25, -0.2) is 23.1 Å². The fourth-order valence-corrected chi connectivity index (χ4v) is 10.7. The van der Waals surface area contributed by atoms with Gasteiger partial charge < -0.3 is 14.0 Å². The lowest BCUT2D eigenvalue weighted by Crippen LogP contribution is -2.40. The van der Waals surface area contributed by atoms with E-state index in [4.69, 9.17) is 14.4 Å². The number of ether oxygens (including phenoxy) is 1. The summed E-state index contributed by atoms with van der Waals surface area (Å²) in [7, 11) is 1.72. The number of hydrogen-bond acceptors (Lipinski definition) is 8. The molecule has 1 amide bonds. The molecule has 0 unspecified atom stereocenters. The first-order valence-corrected chi connectivity index (χ1v) is 22.3. The standard InChI is InChI=1S/C48H46F2N10O5/c1-26-39-35(53-60(30-8-9-34(49)31(21-30)27-5-6-27)42(39)59-19-18-58(46(59)63)38-12-11-36-32(41(38)50)23-51-55(36)4)13-17-57(26)43(61)33-25-56-24-29(28-14-20-64-47(2,3)22-28)7-10-37(56)40(33)48(15-16-48)44-52-45(62)65-54-44/h7-12,18-19,21,23-28H,5-6,13-17,20,22H2,1-4H3,(H,52,54,62)/t26-,28-/m0/s1. The average molecular weight is 881 g/mol. The van der Waals surface area contributed by atoms with Crippen molar-refractivity contribution in [1.82, 2.24) is 48.1 Å². The van der Waals surface area contributed by atoms with Crippen molar-refractivity contribution >= 4 is 22.3 Å². The lowest BCUT2D eigenvalue weighted by molar-refractivity contribution is -0.0593. The Morgan fingerprint density at radius 2 is 1.75 bits per heavy atom. The van der Waals surface area contributed by atoms with Crippen molar-refractivity contribution in [2.75, 3.05) is 13.2 Å². The Balaban J connectivity index is 0.994. The maximum absolute atomic E-state index is 16.1. The molecular formula is C48H46F2N10O5. The fourth-order valence-electron chi connectivity index (χ4n) is 10.7. The first kappa shape index (κ1) is 39.7. The van der Waals surface area contributed by atoms with Gasteiger partial charge in [0.1, 0.15) is 11.6 Å². The molecule has 8 aromatic rings. The summed E-state index contributed by atoms with van der Waals surface area (Å²) >= 11 is 0. The van der Waals surface area contributed by atoms with Gasteiger partial charge in [-0.1, -0.05) is 11.2 Å². The number of amides is 1. The summed E-state index contributed by atoms with van der Waals surface area (Å²) in [5, 5.41) is 13.7. The number of aromatic amines is 1. The summed E-state index contributed by atoms with van der Waals surface area (Å²) in [6, 6.07) is 11.7. The van der Waals surface area contributed by atoms with Gasteiger partial charge in [-0.3, -0.25) is 28.1 Å². The largest absolute Gasteiger partial charge is 0.438 e. The second-order valence-corrected chi connectivity index (χ2v) is 18.9. The molecule has 15 nitrogen and oxygen atoms in total. The van der Waals surface area contributed by atoms with E-state index in [1.807, 2.05) is 17.5 Å². The Bertz CT molecular complexity index is 3390. The number of hydrogen-bond donors (Lipinski definition) is 1. The smallest absolute Gasteiger partial charge is 0.376 e. The van der Waals surface area contributed by atoms with E-state index in [1.165, 1.54) is 27.6 Å². The van der Waals surface area contributed by atoms with Crippen LogP contribution in [-0.2, 0) is 23.6 Å². The molecule has 2 aliphatic carbocycles. The van der Waals surface area contributed by atoms with Crippen molar-refractivity contribution in [1.29, 1.82) is 0 Å². The molecule has 1 N–H and O–H groups in total. The topological polar surface area (TPSA) is 155 Å². The average Bonchev–Trinajstić information content (AvgIpc) is 4.03. The highest BCUT2D eigenvalue weighted by Gasteiger charge is 2.53. The van der Waals surface area contributed by atoms with Crippen LogP contribution in [0.5, 0.6) is 0 Å². The molecule has 4 aliphatic rings. The minimum atomic E-state index is -0.750. The van der Waals surface area contributed by atoms with Gasteiger partial charge in [0, 0.05) is 62.5 Å². The van der Waals surface area contributed by atoms with Crippen molar-refractivity contribution in [2.45, 2.75) is 94.6 Å². The van der Waals surface area contributed by atoms with Crippen LogP contribution in [0.25, 0.3) is 33.6 Å². The molecule has 0 bridgehead atoms. The van der Waals surface area contributed by atoms with Crippen molar-refractivity contribution in [3.8, 4) is 17.2 Å². The van der Waals surface area contributed by atoms with Gasteiger partial charge in [0.05, 0.1) is 62.3 Å². The minimum Gasteiger partial charge on any atom is -0.376 e. The third-order valence-electron chi connectivity index (χ3n) is 14.4. The highest BCUT2D eigenvalue weighted by Crippen LogP contribution is 2.55. The second kappa shape index (κ2) is 14.1. The monoisotopic (exact) mass is 880 g/mol. The molecule has 8 heterocycles. The predicted molar refractivity (Wildman–Crippen MR) is 234 cm³/mol. The molecule has 332 valence electrons. The number of H-pyrrole nitrogens is 1. The third kappa shape index (κ3) is 6.14. The molecule has 17 heteroatoms. The SMILES string of the molecule is C[C@H]1c2c(nn(-c3ccc(F)c(C4CC4)c3)c2-n2ccn(-c3ccc4c(cnn4C)c3F)c2=O)CCN1C(=O)c1cn2cc([C@H]3CCOC(C)(C)C3)ccc2c1C1(c2noc(=O)[nH]2)CC1. The number of aryl methyl sites for hydroxylation is 1. The summed E-state index contributed by atoms with van der Waals surface area (Å²) in [5.74, 6) is -0.676. The molecule has 3 fully saturated rings. The number of carbonyl (C=O) groups is 1. The van der Waals surface area contributed by atoms with Crippen LogP contribution >= 0.6 is 0 Å². The Kier molecular flexibility index (Phi) is 8.58. The van der Waals surface area contributed by atoms with Crippen LogP contribution in [0.4, 0.5) is 8.78 Å². The van der Waals surface area contributed by atoms with Crippen LogP contribution in [0.15, 0.2) is 87.6 Å². The van der Waals surface area contributed by atoms with Gasteiger partial charge in [0.15, 0.2) is 11.6 Å². The molecule has 1 saturated heterocycles. The van der Waals surface area contributed by atoms with Gasteiger partial charge >= 0.3 is 11.4 Å².